The Morgan fingerprint density at radius 3 is 3.12 bits per heavy atom. The van der Waals surface area contributed by atoms with Crippen molar-refractivity contribution in [1.82, 2.24) is 10.2 Å². The lowest BCUT2D eigenvalue weighted by Crippen LogP contribution is -2.30. The van der Waals surface area contributed by atoms with Gasteiger partial charge in [-0.1, -0.05) is 17.8 Å². The number of nitrogens with zero attached hydrogens (tertiary/aromatic N) is 1. The van der Waals surface area contributed by atoms with Gasteiger partial charge < -0.3 is 10.1 Å². The van der Waals surface area contributed by atoms with Gasteiger partial charge >= 0.3 is 0 Å². The molecule has 2 aliphatic rings. The fourth-order valence-corrected chi connectivity index (χ4v) is 3.09. The molecule has 0 spiro atoms. The lowest BCUT2D eigenvalue weighted by atomic mass is 10.1. The average Bonchev–Trinajstić information content (AvgIpc) is 2.66. The lowest BCUT2D eigenvalue weighted by molar-refractivity contribution is -0.126. The highest BCUT2D eigenvalue weighted by atomic mass is 32.2. The zero-order valence-corrected chi connectivity index (χ0v) is 10.5. The number of carbonyl (C=O) groups excluding carboxylic acids is 2. The Labute approximate surface area is 104 Å². The molecule has 2 amide bonds. The average molecular weight is 254 g/mol. The number of likely N-dealkylation sites (N-methyl/N-ethyl adjacent to an activating group) is 1. The van der Waals surface area contributed by atoms with E-state index in [1.807, 2.05) is 6.08 Å². The van der Waals surface area contributed by atoms with E-state index in [4.69, 9.17) is 4.74 Å². The Morgan fingerprint density at radius 1 is 1.71 bits per heavy atom. The van der Waals surface area contributed by atoms with Crippen LogP contribution in [0.15, 0.2) is 22.9 Å². The molecule has 1 atom stereocenters. The zero-order chi connectivity index (χ0) is 12.4. The fourth-order valence-electron chi connectivity index (χ4n) is 1.82. The van der Waals surface area contributed by atoms with Gasteiger partial charge in [0.15, 0.2) is 0 Å². The number of thioether (sulfide) groups is 1. The number of allylic oxidation sites excluding steroid dienone is 1. The molecule has 0 aromatic heterocycles. The summed E-state index contributed by atoms with van der Waals surface area (Å²) in [4.78, 5) is 25.2. The van der Waals surface area contributed by atoms with Crippen LogP contribution in [0.1, 0.15) is 6.42 Å². The second-order valence-corrected chi connectivity index (χ2v) is 4.91. The molecule has 92 valence electrons. The summed E-state index contributed by atoms with van der Waals surface area (Å²) < 4.78 is 5.01. The summed E-state index contributed by atoms with van der Waals surface area (Å²) in [6.07, 6.45) is 4.11. The van der Waals surface area contributed by atoms with Gasteiger partial charge in [-0.15, -0.1) is 0 Å². The van der Waals surface area contributed by atoms with Gasteiger partial charge in [-0.25, -0.2) is 0 Å². The molecule has 5 nitrogen and oxygen atoms in total. The number of ether oxygens (including phenoxy) is 1. The quantitative estimate of drug-likeness (QED) is 0.794. The summed E-state index contributed by atoms with van der Waals surface area (Å²) in [5.41, 5.74) is 0.645. The third-order valence-electron chi connectivity index (χ3n) is 2.64. The Morgan fingerprint density at radius 2 is 2.47 bits per heavy atom. The summed E-state index contributed by atoms with van der Waals surface area (Å²) in [7, 11) is 3.15. The van der Waals surface area contributed by atoms with Crippen LogP contribution in [0.4, 0.5) is 0 Å². The minimum absolute atomic E-state index is 0.0239. The van der Waals surface area contributed by atoms with Crippen molar-refractivity contribution in [3.05, 3.63) is 22.9 Å². The van der Waals surface area contributed by atoms with Gasteiger partial charge in [0.25, 0.3) is 0 Å². The first-order valence-corrected chi connectivity index (χ1v) is 6.17. The molecule has 0 saturated carbocycles. The topological polar surface area (TPSA) is 58.6 Å². The first kappa shape index (κ1) is 12.2. The van der Waals surface area contributed by atoms with Crippen molar-refractivity contribution in [2.24, 2.45) is 0 Å². The lowest BCUT2D eigenvalue weighted by Gasteiger charge is -2.19. The van der Waals surface area contributed by atoms with Crippen molar-refractivity contribution in [3.8, 4) is 0 Å². The standard InChI is InChI=1S/C11H14N2O3S/c1-12-9(14)7-4-3-5-13-10(15)8(6-16-2)17-11(7)13/h3,5,8H,4,6H2,1-2H3,(H,12,14). The Balaban J connectivity index is 2.30. The highest BCUT2D eigenvalue weighted by molar-refractivity contribution is 8.04. The molecular formula is C11H14N2O3S. The highest BCUT2D eigenvalue weighted by Gasteiger charge is 2.39. The van der Waals surface area contributed by atoms with Crippen LogP contribution in [0.25, 0.3) is 0 Å². The molecule has 1 N–H and O–H groups in total. The molecule has 2 heterocycles. The number of rotatable bonds is 3. The molecular weight excluding hydrogens is 240 g/mol. The number of carbonyl (C=O) groups is 2. The molecule has 0 aliphatic carbocycles. The second kappa shape index (κ2) is 4.93. The normalized spacial score (nSPS) is 23.1. The monoisotopic (exact) mass is 254 g/mol. The highest BCUT2D eigenvalue weighted by Crippen LogP contribution is 2.40. The number of hydrogen-bond donors (Lipinski definition) is 1. The first-order chi connectivity index (χ1) is 8.19. The van der Waals surface area contributed by atoms with Crippen LogP contribution in [-0.2, 0) is 14.3 Å². The summed E-state index contributed by atoms with van der Waals surface area (Å²) in [6, 6.07) is 0. The predicted molar refractivity (Wildman–Crippen MR) is 65.0 cm³/mol. The number of fused-ring (bicyclic) bond motifs is 1. The van der Waals surface area contributed by atoms with Gasteiger partial charge in [0.05, 0.1) is 17.2 Å². The summed E-state index contributed by atoms with van der Waals surface area (Å²) in [6.45, 7) is 0.359. The zero-order valence-electron chi connectivity index (χ0n) is 9.73. The van der Waals surface area contributed by atoms with Crippen molar-refractivity contribution in [1.29, 1.82) is 0 Å². The van der Waals surface area contributed by atoms with Crippen LogP contribution in [0, 0.1) is 0 Å². The van der Waals surface area contributed by atoms with Gasteiger partial charge in [-0.3, -0.25) is 14.5 Å². The Bertz CT molecular complexity index is 417. The molecule has 2 rings (SSSR count). The Kier molecular flexibility index (Phi) is 3.54. The van der Waals surface area contributed by atoms with Gasteiger partial charge in [0.2, 0.25) is 11.8 Å². The molecule has 0 bridgehead atoms. The molecule has 1 unspecified atom stereocenters. The van der Waals surface area contributed by atoms with E-state index in [2.05, 4.69) is 5.32 Å². The van der Waals surface area contributed by atoms with Crippen LogP contribution in [0.3, 0.4) is 0 Å². The summed E-state index contributed by atoms with van der Waals surface area (Å²) in [5, 5.41) is 3.08. The van der Waals surface area contributed by atoms with Gasteiger partial charge in [0.1, 0.15) is 5.25 Å². The van der Waals surface area contributed by atoms with Crippen LogP contribution in [0.2, 0.25) is 0 Å². The molecule has 1 saturated heterocycles. The van der Waals surface area contributed by atoms with Crippen molar-refractivity contribution in [2.45, 2.75) is 11.7 Å². The minimum Gasteiger partial charge on any atom is -0.383 e. The molecule has 1 fully saturated rings. The summed E-state index contributed by atoms with van der Waals surface area (Å²) >= 11 is 1.40. The van der Waals surface area contributed by atoms with E-state index in [-0.39, 0.29) is 17.1 Å². The fraction of sp³-hybridized carbons (Fsp3) is 0.455. The molecule has 0 radical (unpaired) electrons. The van der Waals surface area contributed by atoms with E-state index in [0.29, 0.717) is 18.6 Å². The predicted octanol–water partition coefficient (Wildman–Crippen LogP) is 0.452. The van der Waals surface area contributed by atoms with E-state index in [1.54, 1.807) is 25.3 Å². The van der Waals surface area contributed by atoms with E-state index < -0.39 is 0 Å². The maximum Gasteiger partial charge on any atom is 0.249 e. The van der Waals surface area contributed by atoms with Gasteiger partial charge in [-0.2, -0.15) is 0 Å². The third-order valence-corrected chi connectivity index (χ3v) is 3.93. The SMILES string of the molecule is CNC(=O)C1=C2SC(COC)C(=O)N2C=CC1. The van der Waals surface area contributed by atoms with Crippen LogP contribution >= 0.6 is 11.8 Å². The Hall–Kier alpha value is -1.27. The largest absolute Gasteiger partial charge is 0.383 e. The van der Waals surface area contributed by atoms with Crippen LogP contribution in [0.5, 0.6) is 0 Å². The van der Waals surface area contributed by atoms with Crippen molar-refractivity contribution in [2.75, 3.05) is 20.8 Å². The number of methoxy groups -OCH3 is 1. The van der Waals surface area contributed by atoms with Crippen LogP contribution < -0.4 is 5.32 Å². The minimum atomic E-state index is -0.252. The first-order valence-electron chi connectivity index (χ1n) is 5.29. The number of hydrogen-bond acceptors (Lipinski definition) is 4. The molecule has 6 heteroatoms. The second-order valence-electron chi connectivity index (χ2n) is 3.72. The van der Waals surface area contributed by atoms with E-state index in [1.165, 1.54) is 11.8 Å². The third kappa shape index (κ3) is 2.10. The maximum atomic E-state index is 12.0. The van der Waals surface area contributed by atoms with Crippen molar-refractivity contribution < 1.29 is 14.3 Å². The maximum absolute atomic E-state index is 12.0. The van der Waals surface area contributed by atoms with Gasteiger partial charge in [-0.05, 0) is 0 Å². The van der Waals surface area contributed by atoms with Crippen molar-refractivity contribution >= 4 is 23.6 Å². The van der Waals surface area contributed by atoms with E-state index in [0.717, 1.165) is 5.03 Å². The van der Waals surface area contributed by atoms with Crippen LogP contribution in [-0.4, -0.2) is 42.7 Å². The molecule has 0 aromatic rings. The van der Waals surface area contributed by atoms with Crippen molar-refractivity contribution in [3.63, 3.8) is 0 Å². The molecule has 0 aromatic carbocycles. The van der Waals surface area contributed by atoms with E-state index >= 15 is 0 Å². The molecule has 2 aliphatic heterocycles. The summed E-state index contributed by atoms with van der Waals surface area (Å²) in [5.74, 6) is -0.156. The number of amides is 2. The number of nitrogens with one attached hydrogen (secondary N) is 1. The molecule has 17 heavy (non-hydrogen) atoms. The van der Waals surface area contributed by atoms with Gasteiger partial charge in [0, 0.05) is 26.8 Å². The van der Waals surface area contributed by atoms with E-state index in [9.17, 15) is 9.59 Å². The smallest absolute Gasteiger partial charge is 0.249 e.